The van der Waals surface area contributed by atoms with Crippen LogP contribution in [0.25, 0.3) is 21.3 Å². The fourth-order valence-corrected chi connectivity index (χ4v) is 4.57. The number of fused-ring (bicyclic) bond motifs is 1. The fraction of sp³-hybridized carbons (Fsp3) is 0.182. The lowest BCUT2D eigenvalue weighted by molar-refractivity contribution is 0.103. The third kappa shape index (κ3) is 3.62. The molecule has 1 amide bonds. The summed E-state index contributed by atoms with van der Waals surface area (Å²) in [6.07, 6.45) is 5.43. The number of nitrogens with one attached hydrogen (secondary N) is 3. The molecule has 3 aromatic heterocycles. The molecule has 0 saturated carbocycles. The van der Waals surface area contributed by atoms with Crippen LogP contribution in [0.4, 0.5) is 11.4 Å². The Hall–Kier alpha value is -3.16. The van der Waals surface area contributed by atoms with Gasteiger partial charge < -0.3 is 20.5 Å². The Kier molecular flexibility index (Phi) is 4.75. The Morgan fingerprint density at radius 3 is 2.90 bits per heavy atom. The molecule has 1 fully saturated rings. The first-order valence-electron chi connectivity index (χ1n) is 9.66. The minimum absolute atomic E-state index is 0.103. The first-order valence-corrected chi connectivity index (χ1v) is 10.5. The van der Waals surface area contributed by atoms with E-state index >= 15 is 0 Å². The van der Waals surface area contributed by atoms with Gasteiger partial charge in [0.25, 0.3) is 5.91 Å². The van der Waals surface area contributed by atoms with Crippen LogP contribution in [0.3, 0.4) is 0 Å². The van der Waals surface area contributed by atoms with Crippen LogP contribution < -0.4 is 15.5 Å². The van der Waals surface area contributed by atoms with E-state index in [9.17, 15) is 4.79 Å². The lowest BCUT2D eigenvalue weighted by Gasteiger charge is -2.30. The summed E-state index contributed by atoms with van der Waals surface area (Å²) in [5.74, 6) is -0.103. The SMILES string of the molecule is O=C(Nc1cnccc1N1CCNCC1)c1ccc(-c2ccc3[nH]ccc3c2)s1. The summed E-state index contributed by atoms with van der Waals surface area (Å²) in [7, 11) is 0. The van der Waals surface area contributed by atoms with Gasteiger partial charge in [-0.25, -0.2) is 0 Å². The van der Waals surface area contributed by atoms with Crippen molar-refractivity contribution < 1.29 is 4.79 Å². The normalized spacial score (nSPS) is 14.3. The molecule has 6 nitrogen and oxygen atoms in total. The molecule has 1 aliphatic rings. The number of aromatic amines is 1. The highest BCUT2D eigenvalue weighted by Gasteiger charge is 2.17. The maximum atomic E-state index is 12.9. The lowest BCUT2D eigenvalue weighted by atomic mass is 10.1. The summed E-state index contributed by atoms with van der Waals surface area (Å²) < 4.78 is 0. The smallest absolute Gasteiger partial charge is 0.265 e. The third-order valence-electron chi connectivity index (χ3n) is 5.17. The van der Waals surface area contributed by atoms with E-state index in [0.717, 1.165) is 58.9 Å². The molecule has 0 unspecified atom stereocenters. The van der Waals surface area contributed by atoms with Crippen molar-refractivity contribution in [3.8, 4) is 10.4 Å². The molecule has 0 spiro atoms. The van der Waals surface area contributed by atoms with Gasteiger partial charge in [0.2, 0.25) is 0 Å². The molecule has 5 rings (SSSR count). The van der Waals surface area contributed by atoms with Crippen LogP contribution in [-0.4, -0.2) is 42.1 Å². The van der Waals surface area contributed by atoms with Gasteiger partial charge in [-0.3, -0.25) is 9.78 Å². The predicted molar refractivity (Wildman–Crippen MR) is 119 cm³/mol. The Labute approximate surface area is 172 Å². The molecule has 0 radical (unpaired) electrons. The van der Waals surface area contributed by atoms with E-state index in [2.05, 4.69) is 49.8 Å². The van der Waals surface area contributed by atoms with Crippen molar-refractivity contribution in [2.75, 3.05) is 36.4 Å². The van der Waals surface area contributed by atoms with E-state index in [1.54, 1.807) is 12.4 Å². The number of piperazine rings is 1. The number of carbonyl (C=O) groups is 1. The number of nitrogens with zero attached hydrogens (tertiary/aromatic N) is 2. The highest BCUT2D eigenvalue weighted by Crippen LogP contribution is 2.31. The van der Waals surface area contributed by atoms with Gasteiger partial charge >= 0.3 is 0 Å². The molecule has 4 aromatic rings. The molecular formula is C22H21N5OS. The number of thiophene rings is 1. The Morgan fingerprint density at radius 1 is 1.10 bits per heavy atom. The van der Waals surface area contributed by atoms with Gasteiger partial charge in [0.15, 0.2) is 0 Å². The Balaban J connectivity index is 1.37. The van der Waals surface area contributed by atoms with Crippen molar-refractivity contribution in [1.29, 1.82) is 0 Å². The molecule has 29 heavy (non-hydrogen) atoms. The quantitative estimate of drug-likeness (QED) is 0.482. The van der Waals surface area contributed by atoms with Crippen LogP contribution in [0.15, 0.2) is 61.1 Å². The van der Waals surface area contributed by atoms with Gasteiger partial charge in [0, 0.05) is 49.0 Å². The van der Waals surface area contributed by atoms with Crippen molar-refractivity contribution in [2.24, 2.45) is 0 Å². The Morgan fingerprint density at radius 2 is 2.00 bits per heavy atom. The number of carbonyl (C=O) groups excluding carboxylic acids is 1. The largest absolute Gasteiger partial charge is 0.367 e. The third-order valence-corrected chi connectivity index (χ3v) is 6.30. The molecule has 0 atom stereocenters. The van der Waals surface area contributed by atoms with E-state index < -0.39 is 0 Å². The second-order valence-corrected chi connectivity index (χ2v) is 8.11. The fourth-order valence-electron chi connectivity index (χ4n) is 3.67. The van der Waals surface area contributed by atoms with E-state index in [-0.39, 0.29) is 5.91 Å². The number of anilines is 2. The van der Waals surface area contributed by atoms with Gasteiger partial charge in [0.05, 0.1) is 22.4 Å². The predicted octanol–water partition coefficient (Wildman–Crippen LogP) is 3.95. The number of aromatic nitrogens is 2. The summed E-state index contributed by atoms with van der Waals surface area (Å²) in [4.78, 5) is 24.4. The van der Waals surface area contributed by atoms with E-state index in [4.69, 9.17) is 0 Å². The monoisotopic (exact) mass is 403 g/mol. The van der Waals surface area contributed by atoms with E-state index in [0.29, 0.717) is 4.88 Å². The van der Waals surface area contributed by atoms with Crippen molar-refractivity contribution in [1.82, 2.24) is 15.3 Å². The molecule has 3 N–H and O–H groups in total. The van der Waals surface area contributed by atoms with E-state index in [1.807, 2.05) is 24.4 Å². The molecule has 0 bridgehead atoms. The minimum atomic E-state index is -0.103. The van der Waals surface area contributed by atoms with E-state index in [1.165, 1.54) is 11.3 Å². The molecule has 7 heteroatoms. The van der Waals surface area contributed by atoms with Gasteiger partial charge in [-0.1, -0.05) is 6.07 Å². The number of pyridine rings is 1. The summed E-state index contributed by atoms with van der Waals surface area (Å²) in [6.45, 7) is 3.71. The van der Waals surface area contributed by atoms with Gasteiger partial charge in [-0.15, -0.1) is 11.3 Å². The number of amides is 1. The summed E-state index contributed by atoms with van der Waals surface area (Å²) in [6, 6.07) is 14.2. The standard InChI is InChI=1S/C22H21N5OS/c28-22(26-18-14-24-7-6-19(18)27-11-9-23-10-12-27)21-4-3-20(29-21)16-1-2-17-15(13-16)5-8-25-17/h1-8,13-14,23,25H,9-12H2,(H,26,28). The topological polar surface area (TPSA) is 73.1 Å². The zero-order chi connectivity index (χ0) is 19.6. The first-order chi connectivity index (χ1) is 14.3. The first kappa shape index (κ1) is 17.9. The molecule has 0 aliphatic carbocycles. The molecule has 146 valence electrons. The van der Waals surface area contributed by atoms with Crippen LogP contribution in [0.1, 0.15) is 9.67 Å². The second-order valence-electron chi connectivity index (χ2n) is 7.03. The van der Waals surface area contributed by atoms with Crippen molar-refractivity contribution in [3.05, 3.63) is 65.9 Å². The molecular weight excluding hydrogens is 382 g/mol. The van der Waals surface area contributed by atoms with Gasteiger partial charge in [-0.2, -0.15) is 0 Å². The average molecular weight is 404 g/mol. The second kappa shape index (κ2) is 7.69. The van der Waals surface area contributed by atoms with Gasteiger partial charge in [-0.05, 0) is 47.3 Å². The number of hydrogen-bond acceptors (Lipinski definition) is 5. The zero-order valence-electron chi connectivity index (χ0n) is 15.8. The molecule has 1 aliphatic heterocycles. The summed E-state index contributed by atoms with van der Waals surface area (Å²) in [5.41, 5.74) is 4.00. The van der Waals surface area contributed by atoms with Crippen LogP contribution in [-0.2, 0) is 0 Å². The van der Waals surface area contributed by atoms with Crippen LogP contribution >= 0.6 is 11.3 Å². The van der Waals surface area contributed by atoms with Crippen LogP contribution in [0.2, 0.25) is 0 Å². The molecule has 1 aromatic carbocycles. The number of hydrogen-bond donors (Lipinski definition) is 3. The highest BCUT2D eigenvalue weighted by molar-refractivity contribution is 7.17. The zero-order valence-corrected chi connectivity index (χ0v) is 16.6. The maximum absolute atomic E-state index is 12.9. The maximum Gasteiger partial charge on any atom is 0.265 e. The van der Waals surface area contributed by atoms with Crippen molar-refractivity contribution >= 4 is 39.5 Å². The minimum Gasteiger partial charge on any atom is -0.367 e. The van der Waals surface area contributed by atoms with Gasteiger partial charge in [0.1, 0.15) is 0 Å². The molecule has 1 saturated heterocycles. The number of rotatable bonds is 4. The Bertz CT molecular complexity index is 1160. The highest BCUT2D eigenvalue weighted by atomic mass is 32.1. The lowest BCUT2D eigenvalue weighted by Crippen LogP contribution is -2.43. The molecule has 4 heterocycles. The van der Waals surface area contributed by atoms with Crippen LogP contribution in [0, 0.1) is 0 Å². The number of benzene rings is 1. The van der Waals surface area contributed by atoms with Crippen molar-refractivity contribution in [2.45, 2.75) is 0 Å². The number of H-pyrrole nitrogens is 1. The van der Waals surface area contributed by atoms with Crippen molar-refractivity contribution in [3.63, 3.8) is 0 Å². The average Bonchev–Trinajstić information content (AvgIpc) is 3.44. The summed E-state index contributed by atoms with van der Waals surface area (Å²) in [5, 5.41) is 7.57. The van der Waals surface area contributed by atoms with Crippen LogP contribution in [0.5, 0.6) is 0 Å². The summed E-state index contributed by atoms with van der Waals surface area (Å²) >= 11 is 1.50.